The summed E-state index contributed by atoms with van der Waals surface area (Å²) in [6.07, 6.45) is -3.11. The highest BCUT2D eigenvalue weighted by Gasteiger charge is 2.17. The number of alkyl carbamates (subject to hydrolysis) is 1. The van der Waals surface area contributed by atoms with Crippen LogP contribution in [0.25, 0.3) is 0 Å². The summed E-state index contributed by atoms with van der Waals surface area (Å²) in [5.74, 6) is -1.22. The van der Waals surface area contributed by atoms with Crippen LogP contribution in [0, 0.1) is 5.92 Å². The lowest BCUT2D eigenvalue weighted by atomic mass is 10.2. The summed E-state index contributed by atoms with van der Waals surface area (Å²) in [4.78, 5) is 22.4. The maximum absolute atomic E-state index is 11.2. The molecule has 9 heteroatoms. The van der Waals surface area contributed by atoms with Gasteiger partial charge in [-0.25, -0.2) is 9.00 Å². The monoisotopic (exact) mass is 297 g/mol. The minimum Gasteiger partial charge on any atom is -0.425 e. The highest BCUT2D eigenvalue weighted by atomic mass is 32.2. The summed E-state index contributed by atoms with van der Waals surface area (Å²) in [6, 6.07) is 0. The summed E-state index contributed by atoms with van der Waals surface area (Å²) in [7, 11) is 0. The molecule has 0 spiro atoms. The molecule has 3 atom stereocenters. The van der Waals surface area contributed by atoms with Gasteiger partial charge in [-0.3, -0.25) is 4.79 Å². The zero-order valence-electron chi connectivity index (χ0n) is 11.0. The van der Waals surface area contributed by atoms with Crippen molar-refractivity contribution in [3.63, 3.8) is 0 Å². The summed E-state index contributed by atoms with van der Waals surface area (Å²) in [6.45, 7) is 4.41. The van der Waals surface area contributed by atoms with Crippen LogP contribution in [0.4, 0.5) is 4.79 Å². The maximum atomic E-state index is 11.2. The molecule has 0 aliphatic heterocycles. The maximum Gasteiger partial charge on any atom is 0.410 e. The predicted molar refractivity (Wildman–Crippen MR) is 66.5 cm³/mol. The van der Waals surface area contributed by atoms with E-state index in [2.05, 4.69) is 10.1 Å². The molecule has 1 amide bonds. The first-order valence-corrected chi connectivity index (χ1v) is 6.90. The van der Waals surface area contributed by atoms with E-state index in [0.29, 0.717) is 0 Å². The number of rotatable bonds is 7. The highest BCUT2D eigenvalue weighted by molar-refractivity contribution is 7.79. The van der Waals surface area contributed by atoms with Crippen LogP contribution < -0.4 is 5.32 Å². The molecule has 0 bridgehead atoms. The van der Waals surface area contributed by atoms with Crippen LogP contribution in [0.2, 0.25) is 0 Å². The van der Waals surface area contributed by atoms with Gasteiger partial charge in [-0.15, -0.1) is 0 Å². The van der Waals surface area contributed by atoms with Gasteiger partial charge in [0.25, 0.3) is 0 Å². The van der Waals surface area contributed by atoms with Crippen LogP contribution in [0.15, 0.2) is 0 Å². The Morgan fingerprint density at radius 3 is 2.32 bits per heavy atom. The van der Waals surface area contributed by atoms with Crippen molar-refractivity contribution in [2.45, 2.75) is 33.2 Å². The first kappa shape index (κ1) is 17.8. The number of nitrogens with one attached hydrogen (secondary N) is 1. The van der Waals surface area contributed by atoms with Crippen LogP contribution in [-0.4, -0.2) is 50.6 Å². The Bertz CT molecular complexity index is 334. The summed E-state index contributed by atoms with van der Waals surface area (Å²) in [5.41, 5.74) is 0. The molecule has 8 nitrogen and oxygen atoms in total. The van der Waals surface area contributed by atoms with Crippen molar-refractivity contribution >= 4 is 23.1 Å². The number of hydrogen-bond acceptors (Lipinski definition) is 6. The normalized spacial score (nSPS) is 15.5. The third kappa shape index (κ3) is 9.40. The van der Waals surface area contributed by atoms with E-state index in [9.17, 15) is 18.9 Å². The van der Waals surface area contributed by atoms with Crippen molar-refractivity contribution in [1.29, 1.82) is 0 Å². The first-order valence-electron chi connectivity index (χ1n) is 5.62. The number of aliphatic hydroxyl groups is 1. The average molecular weight is 297 g/mol. The number of carbonyl (C=O) groups is 2. The van der Waals surface area contributed by atoms with E-state index in [1.807, 2.05) is 0 Å². The summed E-state index contributed by atoms with van der Waals surface area (Å²) in [5, 5.41) is 11.4. The molecule has 0 aromatic carbocycles. The molecule has 0 heterocycles. The largest absolute Gasteiger partial charge is 0.425 e. The lowest BCUT2D eigenvalue weighted by Crippen LogP contribution is -2.37. The smallest absolute Gasteiger partial charge is 0.410 e. The van der Waals surface area contributed by atoms with Crippen LogP contribution in [0.5, 0.6) is 0 Å². The number of amides is 1. The standard InChI is InChI=1S/C10H19NO7S/c1-6(2)9(13)17-7(3)18-10(14)11-4-8(12)5-19(15)16/h6-8,12H,4-5H2,1-3H3,(H,11,14)(H,15,16)/t7?,8-/m0/s1. The first-order chi connectivity index (χ1) is 8.72. The van der Waals surface area contributed by atoms with Crippen molar-refractivity contribution in [3.8, 4) is 0 Å². The van der Waals surface area contributed by atoms with Crippen LogP contribution in [0.1, 0.15) is 20.8 Å². The van der Waals surface area contributed by atoms with Gasteiger partial charge in [-0.1, -0.05) is 13.8 Å². The molecule has 0 saturated carbocycles. The van der Waals surface area contributed by atoms with E-state index >= 15 is 0 Å². The Morgan fingerprint density at radius 2 is 1.84 bits per heavy atom. The van der Waals surface area contributed by atoms with E-state index in [4.69, 9.17) is 9.29 Å². The Morgan fingerprint density at radius 1 is 1.26 bits per heavy atom. The van der Waals surface area contributed by atoms with Gasteiger partial charge in [0.2, 0.25) is 6.29 Å². The SMILES string of the molecule is CC(OC(=O)NC[C@H](O)CS(=O)O)OC(=O)C(C)C. The Labute approximate surface area is 113 Å². The van der Waals surface area contributed by atoms with Gasteiger partial charge in [-0.05, 0) is 0 Å². The highest BCUT2D eigenvalue weighted by Crippen LogP contribution is 2.01. The van der Waals surface area contributed by atoms with Crippen LogP contribution >= 0.6 is 0 Å². The minimum absolute atomic E-state index is 0.240. The number of carbonyl (C=O) groups excluding carboxylic acids is 2. The van der Waals surface area contributed by atoms with E-state index in [1.54, 1.807) is 13.8 Å². The molecule has 0 rings (SSSR count). The van der Waals surface area contributed by atoms with Gasteiger partial charge in [0.1, 0.15) is 0 Å². The topological polar surface area (TPSA) is 122 Å². The molecule has 0 aromatic heterocycles. The van der Waals surface area contributed by atoms with Gasteiger partial charge < -0.3 is 24.4 Å². The molecule has 0 aliphatic carbocycles. The zero-order valence-corrected chi connectivity index (χ0v) is 11.8. The number of esters is 1. The molecule has 0 radical (unpaired) electrons. The number of ether oxygens (including phenoxy) is 2. The van der Waals surface area contributed by atoms with Crippen LogP contribution in [0.3, 0.4) is 0 Å². The molecule has 0 fully saturated rings. The Kier molecular flexibility index (Phi) is 8.28. The molecule has 0 aliphatic rings. The van der Waals surface area contributed by atoms with Gasteiger partial charge in [0.05, 0.1) is 17.8 Å². The summed E-state index contributed by atoms with van der Waals surface area (Å²) >= 11 is -2.15. The zero-order chi connectivity index (χ0) is 15.0. The molecular formula is C10H19NO7S. The van der Waals surface area contributed by atoms with Crippen molar-refractivity contribution in [2.75, 3.05) is 12.3 Å². The van der Waals surface area contributed by atoms with E-state index in [-0.39, 0.29) is 18.2 Å². The second kappa shape index (κ2) is 8.83. The lowest BCUT2D eigenvalue weighted by Gasteiger charge is -2.16. The predicted octanol–water partition coefficient (Wildman–Crippen LogP) is -0.160. The van der Waals surface area contributed by atoms with Crippen molar-refractivity contribution in [2.24, 2.45) is 5.92 Å². The molecule has 0 aromatic rings. The minimum atomic E-state index is -2.15. The quantitative estimate of drug-likeness (QED) is 0.339. The van der Waals surface area contributed by atoms with E-state index in [0.717, 1.165) is 0 Å². The second-order valence-electron chi connectivity index (χ2n) is 4.09. The second-order valence-corrected chi connectivity index (χ2v) is 5.06. The fraction of sp³-hybridized carbons (Fsp3) is 0.800. The molecule has 2 unspecified atom stereocenters. The Hall–Kier alpha value is -1.19. The molecule has 3 N–H and O–H groups in total. The fourth-order valence-corrected chi connectivity index (χ4v) is 1.39. The van der Waals surface area contributed by atoms with Gasteiger partial charge in [-0.2, -0.15) is 0 Å². The lowest BCUT2D eigenvalue weighted by molar-refractivity contribution is -0.168. The fourth-order valence-electron chi connectivity index (χ4n) is 0.941. The van der Waals surface area contributed by atoms with Crippen LogP contribution in [-0.2, 0) is 25.3 Å². The summed E-state index contributed by atoms with van der Waals surface area (Å²) < 4.78 is 28.3. The van der Waals surface area contributed by atoms with Gasteiger partial charge in [0, 0.05) is 13.5 Å². The van der Waals surface area contributed by atoms with E-state index in [1.165, 1.54) is 6.92 Å². The molecule has 0 saturated heterocycles. The Balaban J connectivity index is 3.91. The number of aliphatic hydroxyl groups excluding tert-OH is 1. The van der Waals surface area contributed by atoms with E-state index < -0.39 is 35.5 Å². The molecule has 19 heavy (non-hydrogen) atoms. The van der Waals surface area contributed by atoms with Crippen molar-refractivity contribution in [3.05, 3.63) is 0 Å². The van der Waals surface area contributed by atoms with Gasteiger partial charge in [0.15, 0.2) is 11.1 Å². The average Bonchev–Trinajstić information content (AvgIpc) is 2.24. The molecule has 112 valence electrons. The third-order valence-electron chi connectivity index (χ3n) is 1.84. The third-order valence-corrected chi connectivity index (χ3v) is 2.51. The van der Waals surface area contributed by atoms with Crippen molar-refractivity contribution in [1.82, 2.24) is 5.32 Å². The molecular weight excluding hydrogens is 278 g/mol. The van der Waals surface area contributed by atoms with Gasteiger partial charge >= 0.3 is 12.1 Å². The van der Waals surface area contributed by atoms with Crippen molar-refractivity contribution < 1.29 is 32.9 Å². The number of hydrogen-bond donors (Lipinski definition) is 3.